The number of hydrogen-bond acceptors (Lipinski definition) is 3. The van der Waals surface area contributed by atoms with Gasteiger partial charge in [-0.05, 0) is 18.9 Å². The summed E-state index contributed by atoms with van der Waals surface area (Å²) in [4.78, 5) is 0. The highest BCUT2D eigenvalue weighted by atomic mass is 19.1. The Kier molecular flexibility index (Phi) is 3.41. The van der Waals surface area contributed by atoms with Crippen molar-refractivity contribution >= 4 is 0 Å². The molecule has 0 heterocycles. The van der Waals surface area contributed by atoms with Crippen molar-refractivity contribution in [1.29, 1.82) is 5.26 Å². The number of aliphatic hydroxyl groups excluding tert-OH is 1. The van der Waals surface area contributed by atoms with Gasteiger partial charge in [0.15, 0.2) is 0 Å². The van der Waals surface area contributed by atoms with E-state index in [9.17, 15) is 4.39 Å². The van der Waals surface area contributed by atoms with Crippen LogP contribution in [0.1, 0.15) is 24.0 Å². The van der Waals surface area contributed by atoms with Crippen LogP contribution in [0.3, 0.4) is 0 Å². The second kappa shape index (κ2) is 4.82. The van der Waals surface area contributed by atoms with Crippen LogP contribution >= 0.6 is 0 Å². The Hall–Kier alpha value is -1.44. The smallest absolute Gasteiger partial charge is 0.145 e. The molecule has 4 heteroatoms. The molecule has 0 aliphatic heterocycles. The van der Waals surface area contributed by atoms with Crippen molar-refractivity contribution in [2.75, 3.05) is 13.2 Å². The van der Waals surface area contributed by atoms with Gasteiger partial charge in [-0.3, -0.25) is 0 Å². The summed E-state index contributed by atoms with van der Waals surface area (Å²) in [6, 6.07) is 6.64. The molecule has 90 valence electrons. The quantitative estimate of drug-likeness (QED) is 0.813. The minimum absolute atomic E-state index is 0.0172. The van der Waals surface area contributed by atoms with E-state index in [0.717, 1.165) is 12.8 Å². The Morgan fingerprint density at radius 2 is 2.24 bits per heavy atom. The highest BCUT2D eigenvalue weighted by Gasteiger charge is 2.41. The Balaban J connectivity index is 1.93. The van der Waals surface area contributed by atoms with E-state index < -0.39 is 5.82 Å². The Morgan fingerprint density at radius 1 is 1.47 bits per heavy atom. The summed E-state index contributed by atoms with van der Waals surface area (Å²) in [5.41, 5.74) is 0.592. The molecule has 0 saturated heterocycles. The monoisotopic (exact) mass is 234 g/mol. The van der Waals surface area contributed by atoms with Crippen molar-refractivity contribution in [2.45, 2.75) is 19.4 Å². The van der Waals surface area contributed by atoms with Crippen LogP contribution in [0.4, 0.5) is 4.39 Å². The number of benzene rings is 1. The topological polar surface area (TPSA) is 56.0 Å². The molecule has 0 unspecified atom stereocenters. The number of nitrogens with zero attached hydrogens (tertiary/aromatic N) is 1. The molecule has 3 nitrogen and oxygen atoms in total. The number of aliphatic hydroxyl groups is 1. The normalized spacial score (nSPS) is 16.5. The van der Waals surface area contributed by atoms with Gasteiger partial charge in [-0.1, -0.05) is 12.1 Å². The fourth-order valence-corrected chi connectivity index (χ4v) is 1.83. The van der Waals surface area contributed by atoms with E-state index in [0.29, 0.717) is 18.7 Å². The number of nitrogens with one attached hydrogen (secondary N) is 1. The molecule has 0 aromatic heterocycles. The zero-order valence-corrected chi connectivity index (χ0v) is 9.54. The van der Waals surface area contributed by atoms with E-state index in [-0.39, 0.29) is 17.6 Å². The summed E-state index contributed by atoms with van der Waals surface area (Å²) in [5.74, 6) is -0.448. The third-order valence-corrected chi connectivity index (χ3v) is 3.31. The lowest BCUT2D eigenvalue weighted by Gasteiger charge is -2.13. The van der Waals surface area contributed by atoms with Crippen molar-refractivity contribution in [3.63, 3.8) is 0 Å². The lowest BCUT2D eigenvalue weighted by atomic mass is 10.1. The highest BCUT2D eigenvalue weighted by molar-refractivity contribution is 5.34. The molecule has 1 aromatic rings. The van der Waals surface area contributed by atoms with E-state index >= 15 is 0 Å². The van der Waals surface area contributed by atoms with Crippen LogP contribution in [0.25, 0.3) is 0 Å². The molecule has 0 amide bonds. The van der Waals surface area contributed by atoms with Crippen molar-refractivity contribution in [2.24, 2.45) is 5.41 Å². The van der Waals surface area contributed by atoms with Crippen molar-refractivity contribution in [1.82, 2.24) is 5.32 Å². The Morgan fingerprint density at radius 3 is 2.82 bits per heavy atom. The molecule has 0 spiro atoms. The molecule has 1 aliphatic carbocycles. The van der Waals surface area contributed by atoms with Crippen molar-refractivity contribution in [3.05, 3.63) is 35.1 Å². The number of rotatable bonds is 5. The molecule has 1 aliphatic rings. The number of hydrogen-bond donors (Lipinski definition) is 2. The van der Waals surface area contributed by atoms with Gasteiger partial charge in [0.25, 0.3) is 0 Å². The zero-order chi connectivity index (χ0) is 12.3. The lowest BCUT2D eigenvalue weighted by Crippen LogP contribution is -2.26. The first-order valence-corrected chi connectivity index (χ1v) is 5.70. The van der Waals surface area contributed by atoms with E-state index in [4.69, 9.17) is 10.4 Å². The maximum Gasteiger partial charge on any atom is 0.145 e. The predicted octanol–water partition coefficient (Wildman–Crippen LogP) is 1.56. The number of nitriles is 1. The van der Waals surface area contributed by atoms with Gasteiger partial charge < -0.3 is 10.4 Å². The zero-order valence-electron chi connectivity index (χ0n) is 9.54. The van der Waals surface area contributed by atoms with Crippen LogP contribution < -0.4 is 5.32 Å². The average Bonchev–Trinajstić information content (AvgIpc) is 3.12. The fraction of sp³-hybridized carbons (Fsp3) is 0.462. The standard InChI is InChI=1S/C13H15FN2O/c14-12-10(6-15)2-1-3-11(12)7-16-8-13(9-17)4-5-13/h1-3,16-17H,4-5,7-9H2. The van der Waals surface area contributed by atoms with Gasteiger partial charge in [-0.25, -0.2) is 4.39 Å². The van der Waals surface area contributed by atoms with Crippen LogP contribution in [0.2, 0.25) is 0 Å². The predicted molar refractivity (Wildman–Crippen MR) is 61.6 cm³/mol. The second-order valence-electron chi connectivity index (χ2n) is 4.65. The maximum absolute atomic E-state index is 13.7. The van der Waals surface area contributed by atoms with Crippen LogP contribution in [0.5, 0.6) is 0 Å². The number of halogens is 1. The summed E-state index contributed by atoms with van der Waals surface area (Å²) in [5, 5.41) is 21.0. The molecule has 1 fully saturated rings. The van der Waals surface area contributed by atoms with Gasteiger partial charge in [0.2, 0.25) is 0 Å². The Labute approximate surface area is 99.9 Å². The Bertz CT molecular complexity index is 449. The molecule has 0 radical (unpaired) electrons. The minimum Gasteiger partial charge on any atom is -0.396 e. The molecule has 2 rings (SSSR count). The molecular formula is C13H15FN2O. The fourth-order valence-electron chi connectivity index (χ4n) is 1.83. The third kappa shape index (κ3) is 2.63. The summed E-state index contributed by atoms with van der Waals surface area (Å²) in [7, 11) is 0. The first-order valence-electron chi connectivity index (χ1n) is 5.70. The van der Waals surface area contributed by atoms with E-state index in [1.807, 2.05) is 6.07 Å². The van der Waals surface area contributed by atoms with Gasteiger partial charge in [0.1, 0.15) is 11.9 Å². The van der Waals surface area contributed by atoms with Crippen molar-refractivity contribution < 1.29 is 9.50 Å². The minimum atomic E-state index is -0.448. The van der Waals surface area contributed by atoms with Gasteiger partial charge in [0, 0.05) is 30.7 Å². The molecule has 1 saturated carbocycles. The SMILES string of the molecule is N#Cc1cccc(CNCC2(CO)CC2)c1F. The van der Waals surface area contributed by atoms with Crippen LogP contribution in [-0.4, -0.2) is 18.3 Å². The third-order valence-electron chi connectivity index (χ3n) is 3.31. The summed E-state index contributed by atoms with van der Waals surface area (Å²) < 4.78 is 13.7. The summed E-state index contributed by atoms with van der Waals surface area (Å²) in [6.07, 6.45) is 2.05. The average molecular weight is 234 g/mol. The van der Waals surface area contributed by atoms with Crippen LogP contribution in [-0.2, 0) is 6.54 Å². The second-order valence-corrected chi connectivity index (χ2v) is 4.65. The molecule has 2 N–H and O–H groups in total. The van der Waals surface area contributed by atoms with Crippen LogP contribution in [0.15, 0.2) is 18.2 Å². The first kappa shape index (κ1) is 12.0. The molecule has 17 heavy (non-hydrogen) atoms. The largest absolute Gasteiger partial charge is 0.396 e. The van der Waals surface area contributed by atoms with Crippen molar-refractivity contribution in [3.8, 4) is 6.07 Å². The molecular weight excluding hydrogens is 219 g/mol. The lowest BCUT2D eigenvalue weighted by molar-refractivity contribution is 0.207. The first-order chi connectivity index (χ1) is 8.21. The van der Waals surface area contributed by atoms with Gasteiger partial charge in [-0.15, -0.1) is 0 Å². The molecule has 1 aromatic carbocycles. The van der Waals surface area contributed by atoms with E-state index in [2.05, 4.69) is 5.32 Å². The van der Waals surface area contributed by atoms with Gasteiger partial charge >= 0.3 is 0 Å². The molecule has 0 atom stereocenters. The summed E-state index contributed by atoms with van der Waals surface area (Å²) >= 11 is 0. The van der Waals surface area contributed by atoms with E-state index in [1.165, 1.54) is 6.07 Å². The van der Waals surface area contributed by atoms with Gasteiger partial charge in [-0.2, -0.15) is 5.26 Å². The van der Waals surface area contributed by atoms with Gasteiger partial charge in [0.05, 0.1) is 5.56 Å². The highest BCUT2D eigenvalue weighted by Crippen LogP contribution is 2.44. The maximum atomic E-state index is 13.7. The molecule has 0 bridgehead atoms. The summed E-state index contributed by atoms with van der Waals surface area (Å²) in [6.45, 7) is 1.27. The van der Waals surface area contributed by atoms with Crippen LogP contribution in [0, 0.1) is 22.6 Å². The van der Waals surface area contributed by atoms with E-state index in [1.54, 1.807) is 12.1 Å².